The molecule has 0 aliphatic rings. The largest absolute Gasteiger partial charge is 0.494 e. The quantitative estimate of drug-likeness (QED) is 0.595. The molecular formula is C20H22Cl2N2O4. The monoisotopic (exact) mass is 424 g/mol. The highest BCUT2D eigenvalue weighted by Gasteiger charge is 2.15. The number of benzene rings is 2. The first-order valence-electron chi connectivity index (χ1n) is 8.71. The van der Waals surface area contributed by atoms with Crippen molar-refractivity contribution in [2.45, 2.75) is 26.2 Å². The maximum atomic E-state index is 12.5. The van der Waals surface area contributed by atoms with Gasteiger partial charge in [0.15, 0.2) is 5.75 Å². The Bertz CT molecular complexity index is 848. The van der Waals surface area contributed by atoms with Crippen molar-refractivity contribution >= 4 is 46.4 Å². The highest BCUT2D eigenvalue weighted by molar-refractivity contribution is 6.37. The van der Waals surface area contributed by atoms with Crippen molar-refractivity contribution in [2.75, 3.05) is 24.9 Å². The van der Waals surface area contributed by atoms with Crippen molar-refractivity contribution in [2.24, 2.45) is 0 Å². The normalized spacial score (nSPS) is 10.3. The van der Waals surface area contributed by atoms with Crippen LogP contribution >= 0.6 is 23.2 Å². The minimum Gasteiger partial charge on any atom is -0.494 e. The second kappa shape index (κ2) is 10.2. The van der Waals surface area contributed by atoms with Gasteiger partial charge in [-0.25, -0.2) is 0 Å². The summed E-state index contributed by atoms with van der Waals surface area (Å²) in [5.74, 6) is 0.269. The molecule has 0 aliphatic carbocycles. The number of amides is 2. The lowest BCUT2D eigenvalue weighted by Gasteiger charge is -2.13. The average Bonchev–Trinajstić information content (AvgIpc) is 2.67. The molecule has 0 saturated heterocycles. The van der Waals surface area contributed by atoms with Gasteiger partial charge in [0.1, 0.15) is 5.75 Å². The van der Waals surface area contributed by atoms with Gasteiger partial charge in [0, 0.05) is 23.7 Å². The third kappa shape index (κ3) is 5.53. The SMILES string of the molecule is CCCCC(=O)Nc1ccc(NC(=O)c2cc(Cl)c(OC)c(Cl)c2)cc1OC. The molecule has 0 radical (unpaired) electrons. The predicted octanol–water partition coefficient (Wildman–Crippen LogP) is 5.39. The maximum absolute atomic E-state index is 12.5. The number of carbonyl (C=O) groups excluding carboxylic acids is 2. The fraction of sp³-hybridized carbons (Fsp3) is 0.300. The molecule has 2 amide bonds. The Hall–Kier alpha value is -2.44. The van der Waals surface area contributed by atoms with E-state index in [1.807, 2.05) is 6.92 Å². The molecule has 0 spiro atoms. The summed E-state index contributed by atoms with van der Waals surface area (Å²) in [4.78, 5) is 24.5. The van der Waals surface area contributed by atoms with Crippen LogP contribution < -0.4 is 20.1 Å². The molecule has 2 rings (SSSR count). The minimum absolute atomic E-state index is 0.0838. The molecule has 8 heteroatoms. The van der Waals surface area contributed by atoms with Crippen LogP contribution in [0.4, 0.5) is 11.4 Å². The van der Waals surface area contributed by atoms with Crippen LogP contribution in [-0.4, -0.2) is 26.0 Å². The molecule has 6 nitrogen and oxygen atoms in total. The number of anilines is 2. The summed E-state index contributed by atoms with van der Waals surface area (Å²) < 4.78 is 10.4. The number of halogens is 2. The van der Waals surface area contributed by atoms with E-state index in [4.69, 9.17) is 32.7 Å². The topological polar surface area (TPSA) is 76.7 Å². The Balaban J connectivity index is 2.16. The first-order valence-corrected chi connectivity index (χ1v) is 9.47. The van der Waals surface area contributed by atoms with E-state index in [-0.39, 0.29) is 21.5 Å². The number of hydrogen-bond acceptors (Lipinski definition) is 4. The molecule has 0 atom stereocenters. The van der Waals surface area contributed by atoms with Gasteiger partial charge in [-0.15, -0.1) is 0 Å². The van der Waals surface area contributed by atoms with E-state index in [0.717, 1.165) is 12.8 Å². The van der Waals surface area contributed by atoms with E-state index < -0.39 is 5.91 Å². The number of nitrogens with one attached hydrogen (secondary N) is 2. The molecule has 0 saturated carbocycles. The van der Waals surface area contributed by atoms with Crippen LogP contribution in [0.1, 0.15) is 36.5 Å². The first kappa shape index (κ1) is 21.9. The first-order chi connectivity index (χ1) is 13.4. The summed E-state index contributed by atoms with van der Waals surface area (Å²) in [5.41, 5.74) is 1.32. The van der Waals surface area contributed by atoms with Gasteiger partial charge >= 0.3 is 0 Å². The van der Waals surface area contributed by atoms with Crippen molar-refractivity contribution < 1.29 is 19.1 Å². The lowest BCUT2D eigenvalue weighted by atomic mass is 10.2. The molecule has 0 aromatic heterocycles. The highest BCUT2D eigenvalue weighted by atomic mass is 35.5. The number of hydrogen-bond donors (Lipinski definition) is 2. The van der Waals surface area contributed by atoms with Crippen LogP contribution in [0, 0.1) is 0 Å². The molecule has 2 N–H and O–H groups in total. The fourth-order valence-electron chi connectivity index (χ4n) is 2.51. The highest BCUT2D eigenvalue weighted by Crippen LogP contribution is 2.34. The number of methoxy groups -OCH3 is 2. The van der Waals surface area contributed by atoms with Gasteiger partial charge in [0.05, 0.1) is 30.0 Å². The summed E-state index contributed by atoms with van der Waals surface area (Å²) in [6.07, 6.45) is 2.20. The smallest absolute Gasteiger partial charge is 0.255 e. The Morgan fingerprint density at radius 3 is 2.25 bits per heavy atom. The Labute approximate surface area is 174 Å². The zero-order valence-corrected chi connectivity index (χ0v) is 17.4. The number of carbonyl (C=O) groups is 2. The van der Waals surface area contributed by atoms with Gasteiger partial charge in [-0.05, 0) is 30.7 Å². The van der Waals surface area contributed by atoms with Crippen molar-refractivity contribution in [3.05, 3.63) is 45.9 Å². The maximum Gasteiger partial charge on any atom is 0.255 e. The second-order valence-electron chi connectivity index (χ2n) is 5.99. The number of ether oxygens (including phenoxy) is 2. The third-order valence-electron chi connectivity index (χ3n) is 3.96. The molecule has 2 aromatic carbocycles. The van der Waals surface area contributed by atoms with Crippen molar-refractivity contribution in [1.82, 2.24) is 0 Å². The lowest BCUT2D eigenvalue weighted by molar-refractivity contribution is -0.116. The van der Waals surface area contributed by atoms with Gasteiger partial charge < -0.3 is 20.1 Å². The van der Waals surface area contributed by atoms with Crippen molar-refractivity contribution in [3.63, 3.8) is 0 Å². The van der Waals surface area contributed by atoms with Gasteiger partial charge in [-0.1, -0.05) is 36.5 Å². The van der Waals surface area contributed by atoms with Crippen LogP contribution in [0.15, 0.2) is 30.3 Å². The number of unbranched alkanes of at least 4 members (excludes halogenated alkanes) is 1. The van der Waals surface area contributed by atoms with Crippen LogP contribution in [0.3, 0.4) is 0 Å². The molecule has 0 fully saturated rings. The summed E-state index contributed by atoms with van der Waals surface area (Å²) >= 11 is 12.2. The van der Waals surface area contributed by atoms with Gasteiger partial charge in [0.25, 0.3) is 5.91 Å². The van der Waals surface area contributed by atoms with E-state index in [1.54, 1.807) is 18.2 Å². The Kier molecular flexibility index (Phi) is 7.96. The van der Waals surface area contributed by atoms with Gasteiger partial charge in [-0.2, -0.15) is 0 Å². The zero-order valence-electron chi connectivity index (χ0n) is 15.9. The predicted molar refractivity (Wildman–Crippen MR) is 112 cm³/mol. The zero-order chi connectivity index (χ0) is 20.7. The summed E-state index contributed by atoms with van der Waals surface area (Å²) in [6.45, 7) is 2.02. The van der Waals surface area contributed by atoms with Crippen LogP contribution in [-0.2, 0) is 4.79 Å². The van der Waals surface area contributed by atoms with E-state index >= 15 is 0 Å². The summed E-state index contributed by atoms with van der Waals surface area (Å²) in [6, 6.07) is 7.91. The molecule has 0 aliphatic heterocycles. The third-order valence-corrected chi connectivity index (χ3v) is 4.52. The summed E-state index contributed by atoms with van der Waals surface area (Å²) in [7, 11) is 2.94. The van der Waals surface area contributed by atoms with Crippen molar-refractivity contribution in [1.29, 1.82) is 0 Å². The number of rotatable bonds is 8. The molecular weight excluding hydrogens is 403 g/mol. The standard InChI is InChI=1S/C20H22Cl2N2O4/c1-4-5-6-18(25)24-16-8-7-13(11-17(16)27-2)23-20(26)12-9-14(21)19(28-3)15(22)10-12/h7-11H,4-6H2,1-3H3,(H,23,26)(H,24,25). The van der Waals surface area contributed by atoms with Gasteiger partial charge in [-0.3, -0.25) is 9.59 Å². The molecule has 2 aromatic rings. The average molecular weight is 425 g/mol. The van der Waals surface area contributed by atoms with Crippen LogP contribution in [0.2, 0.25) is 10.0 Å². The second-order valence-corrected chi connectivity index (χ2v) is 6.81. The fourth-order valence-corrected chi connectivity index (χ4v) is 3.15. The summed E-state index contributed by atoms with van der Waals surface area (Å²) in [5, 5.41) is 6.04. The van der Waals surface area contributed by atoms with E-state index in [9.17, 15) is 9.59 Å². The molecule has 28 heavy (non-hydrogen) atoms. The Morgan fingerprint density at radius 2 is 1.68 bits per heavy atom. The Morgan fingerprint density at radius 1 is 1.00 bits per heavy atom. The molecule has 150 valence electrons. The van der Waals surface area contributed by atoms with E-state index in [0.29, 0.717) is 29.3 Å². The minimum atomic E-state index is -0.395. The van der Waals surface area contributed by atoms with Crippen LogP contribution in [0.25, 0.3) is 0 Å². The van der Waals surface area contributed by atoms with E-state index in [2.05, 4.69) is 10.6 Å². The van der Waals surface area contributed by atoms with E-state index in [1.165, 1.54) is 26.4 Å². The molecule has 0 unspecified atom stereocenters. The lowest BCUT2D eigenvalue weighted by Crippen LogP contribution is -2.14. The van der Waals surface area contributed by atoms with Crippen LogP contribution in [0.5, 0.6) is 11.5 Å². The van der Waals surface area contributed by atoms with Crippen molar-refractivity contribution in [3.8, 4) is 11.5 Å². The molecule has 0 heterocycles. The molecule has 0 bridgehead atoms. The van der Waals surface area contributed by atoms with Gasteiger partial charge in [0.2, 0.25) is 5.91 Å².